The number of hydrogen-bond acceptors (Lipinski definition) is 6. The molecule has 0 aliphatic carbocycles. The van der Waals surface area contributed by atoms with E-state index >= 15 is 0 Å². The van der Waals surface area contributed by atoms with Gasteiger partial charge in [0.25, 0.3) is 0 Å². The lowest BCUT2D eigenvalue weighted by Gasteiger charge is -2.14. The minimum absolute atomic E-state index is 0. The van der Waals surface area contributed by atoms with E-state index < -0.39 is 11.9 Å². The van der Waals surface area contributed by atoms with Gasteiger partial charge in [0.1, 0.15) is 12.7 Å². The normalized spacial score (nSPS) is 11.8. The first-order chi connectivity index (χ1) is 14.5. The fraction of sp³-hybridized carbons (Fsp3) is 0.348. The molecule has 2 rings (SSSR count). The molecule has 0 aromatic heterocycles. The van der Waals surface area contributed by atoms with E-state index in [-0.39, 0.29) is 24.8 Å². The topological polar surface area (TPSA) is 83.7 Å². The predicted molar refractivity (Wildman–Crippen MR) is 121 cm³/mol. The van der Waals surface area contributed by atoms with E-state index in [0.29, 0.717) is 35.7 Å². The highest BCUT2D eigenvalue weighted by molar-refractivity contribution is 5.85. The van der Waals surface area contributed by atoms with Gasteiger partial charge in [0.2, 0.25) is 0 Å². The Morgan fingerprint density at radius 2 is 1.87 bits per heavy atom. The Kier molecular flexibility index (Phi) is 11.4. The zero-order valence-corrected chi connectivity index (χ0v) is 18.7. The largest absolute Gasteiger partial charge is 0.493 e. The molecule has 0 heterocycles. The molecule has 0 radical (unpaired) electrons. The van der Waals surface area contributed by atoms with E-state index in [1.807, 2.05) is 24.3 Å². The van der Waals surface area contributed by atoms with Crippen molar-refractivity contribution >= 4 is 18.0 Å². The molecular formula is C23H28ClFN2O4. The first-order valence-electron chi connectivity index (χ1n) is 9.57. The summed E-state index contributed by atoms with van der Waals surface area (Å²) in [5, 5.41) is 21.9. The summed E-state index contributed by atoms with van der Waals surface area (Å²) in [7, 11) is 3.19. The number of rotatable bonds is 11. The minimum Gasteiger partial charge on any atom is -0.493 e. The van der Waals surface area contributed by atoms with Crippen molar-refractivity contribution in [2.75, 3.05) is 33.9 Å². The average molecular weight is 451 g/mol. The van der Waals surface area contributed by atoms with Crippen molar-refractivity contribution in [2.45, 2.75) is 19.4 Å². The first kappa shape index (κ1) is 26.2. The lowest BCUT2D eigenvalue weighted by molar-refractivity contribution is 0.104. The number of nitrogens with zero attached hydrogens (tertiary/aromatic N) is 1. The number of benzene rings is 2. The van der Waals surface area contributed by atoms with Crippen LogP contribution in [0.5, 0.6) is 17.2 Å². The second-order valence-electron chi connectivity index (χ2n) is 6.71. The summed E-state index contributed by atoms with van der Waals surface area (Å²) < 4.78 is 30.1. The number of hydrogen-bond donors (Lipinski definition) is 2. The summed E-state index contributed by atoms with van der Waals surface area (Å²) in [5.41, 5.74) is 2.36. The highest BCUT2D eigenvalue weighted by Crippen LogP contribution is 2.27. The third kappa shape index (κ3) is 8.10. The van der Waals surface area contributed by atoms with Gasteiger partial charge in [-0.05, 0) is 60.9 Å². The van der Waals surface area contributed by atoms with E-state index in [0.717, 1.165) is 12.0 Å². The van der Waals surface area contributed by atoms with Crippen LogP contribution in [0.4, 0.5) is 4.39 Å². The third-order valence-corrected chi connectivity index (χ3v) is 4.52. The molecular weight excluding hydrogens is 423 g/mol. The van der Waals surface area contributed by atoms with Crippen LogP contribution >= 0.6 is 12.4 Å². The van der Waals surface area contributed by atoms with Crippen LogP contribution in [0, 0.1) is 17.1 Å². The molecule has 0 bridgehead atoms. The van der Waals surface area contributed by atoms with Crippen LogP contribution in [0.3, 0.4) is 0 Å². The van der Waals surface area contributed by atoms with Gasteiger partial charge in [-0.1, -0.05) is 12.1 Å². The Balaban J connectivity index is 0.00000480. The summed E-state index contributed by atoms with van der Waals surface area (Å²) in [6, 6.07) is 12.1. The van der Waals surface area contributed by atoms with E-state index in [9.17, 15) is 9.50 Å². The number of allylic oxidation sites excluding steroid dienone is 2. The molecule has 2 aromatic carbocycles. The maximum absolute atomic E-state index is 14.2. The van der Waals surface area contributed by atoms with Gasteiger partial charge in [0, 0.05) is 12.6 Å². The molecule has 0 saturated carbocycles. The molecule has 8 heteroatoms. The number of nitriles is 1. The molecule has 2 N–H and O–H groups in total. The molecule has 0 aliphatic rings. The van der Waals surface area contributed by atoms with Gasteiger partial charge in [-0.25, -0.2) is 4.39 Å². The standard InChI is InChI=1S/C23H27FN2O4.ClH/c1-16(8-10-25)18-5-7-21(20(24)13-18)30-15-19(27)14-26-11-9-17-4-6-22(28-2)23(12-17)29-3;/h4-8,12-13,19,26-27H,9,11,14-15H2,1-3H3;1H/b16-8-;. The zero-order chi connectivity index (χ0) is 21.9. The summed E-state index contributed by atoms with van der Waals surface area (Å²) in [6.07, 6.45) is 1.32. The molecule has 0 fully saturated rings. The number of aliphatic hydroxyl groups is 1. The minimum atomic E-state index is -0.783. The molecule has 6 nitrogen and oxygen atoms in total. The van der Waals surface area contributed by atoms with Crippen molar-refractivity contribution in [1.82, 2.24) is 5.32 Å². The van der Waals surface area contributed by atoms with Crippen molar-refractivity contribution in [1.29, 1.82) is 5.26 Å². The molecule has 0 spiro atoms. The number of halogens is 2. The van der Waals surface area contributed by atoms with Gasteiger partial charge in [-0.15, -0.1) is 12.4 Å². The second-order valence-corrected chi connectivity index (χ2v) is 6.71. The van der Waals surface area contributed by atoms with E-state index in [1.165, 1.54) is 18.2 Å². The van der Waals surface area contributed by atoms with Gasteiger partial charge in [0.05, 0.1) is 20.3 Å². The highest BCUT2D eigenvalue weighted by Gasteiger charge is 2.10. The van der Waals surface area contributed by atoms with Gasteiger partial charge in [-0.2, -0.15) is 5.26 Å². The number of ether oxygens (including phenoxy) is 3. The fourth-order valence-electron chi connectivity index (χ4n) is 2.83. The molecule has 1 unspecified atom stereocenters. The highest BCUT2D eigenvalue weighted by atomic mass is 35.5. The smallest absolute Gasteiger partial charge is 0.165 e. The molecule has 31 heavy (non-hydrogen) atoms. The van der Waals surface area contributed by atoms with E-state index in [2.05, 4.69) is 5.32 Å². The summed E-state index contributed by atoms with van der Waals surface area (Å²) in [6.45, 7) is 2.67. The predicted octanol–water partition coefficient (Wildman–Crippen LogP) is 3.76. The Hall–Kier alpha value is -2.79. The van der Waals surface area contributed by atoms with E-state index in [4.69, 9.17) is 19.5 Å². The van der Waals surface area contributed by atoms with Crippen LogP contribution in [0.25, 0.3) is 5.57 Å². The second kappa shape index (κ2) is 13.5. The first-order valence-corrected chi connectivity index (χ1v) is 9.57. The van der Waals surface area contributed by atoms with Crippen molar-refractivity contribution in [3.8, 4) is 23.3 Å². The van der Waals surface area contributed by atoms with Crippen LogP contribution in [0.2, 0.25) is 0 Å². The van der Waals surface area contributed by atoms with Crippen molar-refractivity contribution in [3.63, 3.8) is 0 Å². The van der Waals surface area contributed by atoms with Crippen LogP contribution in [-0.2, 0) is 6.42 Å². The van der Waals surface area contributed by atoms with Gasteiger partial charge in [-0.3, -0.25) is 0 Å². The lowest BCUT2D eigenvalue weighted by Crippen LogP contribution is -2.32. The number of aliphatic hydroxyl groups excluding tert-OH is 1. The summed E-state index contributed by atoms with van der Waals surface area (Å²) >= 11 is 0. The van der Waals surface area contributed by atoms with Gasteiger partial charge < -0.3 is 24.6 Å². The summed E-state index contributed by atoms with van der Waals surface area (Å²) in [5.74, 6) is 0.882. The van der Waals surface area contributed by atoms with Gasteiger partial charge >= 0.3 is 0 Å². The van der Waals surface area contributed by atoms with E-state index in [1.54, 1.807) is 27.2 Å². The Labute approximate surface area is 188 Å². The quantitative estimate of drug-likeness (QED) is 0.400. The average Bonchev–Trinajstić information content (AvgIpc) is 2.75. The van der Waals surface area contributed by atoms with Crippen molar-refractivity contribution in [3.05, 3.63) is 59.4 Å². The molecule has 0 aliphatic heterocycles. The molecule has 2 aromatic rings. The SMILES string of the molecule is COc1ccc(CCNCC(O)COc2ccc(/C(C)=C\C#N)cc2F)cc1OC.Cl. The molecule has 0 amide bonds. The maximum Gasteiger partial charge on any atom is 0.165 e. The van der Waals surface area contributed by atoms with Crippen molar-refractivity contribution < 1.29 is 23.7 Å². The Morgan fingerprint density at radius 3 is 2.52 bits per heavy atom. The molecule has 168 valence electrons. The fourth-order valence-corrected chi connectivity index (χ4v) is 2.83. The third-order valence-electron chi connectivity index (χ3n) is 4.52. The molecule has 0 saturated heterocycles. The van der Waals surface area contributed by atoms with Gasteiger partial charge in [0.15, 0.2) is 23.1 Å². The number of nitrogens with one attached hydrogen (secondary N) is 1. The summed E-state index contributed by atoms with van der Waals surface area (Å²) in [4.78, 5) is 0. The Morgan fingerprint density at radius 1 is 1.16 bits per heavy atom. The van der Waals surface area contributed by atoms with Crippen LogP contribution in [0.1, 0.15) is 18.1 Å². The van der Waals surface area contributed by atoms with Crippen LogP contribution in [0.15, 0.2) is 42.5 Å². The van der Waals surface area contributed by atoms with Crippen molar-refractivity contribution in [2.24, 2.45) is 0 Å². The Bertz CT molecular complexity index is 915. The molecule has 1 atom stereocenters. The zero-order valence-electron chi connectivity index (χ0n) is 17.9. The monoisotopic (exact) mass is 450 g/mol. The lowest BCUT2D eigenvalue weighted by atomic mass is 10.1. The van der Waals surface area contributed by atoms with Crippen LogP contribution in [-0.4, -0.2) is 45.1 Å². The number of methoxy groups -OCH3 is 2. The maximum atomic E-state index is 14.2. The van der Waals surface area contributed by atoms with Crippen LogP contribution < -0.4 is 19.5 Å².